The molecule has 0 saturated carbocycles. The van der Waals surface area contributed by atoms with Crippen molar-refractivity contribution in [3.05, 3.63) is 64.2 Å². The number of nitrogens with zero attached hydrogens (tertiary/aromatic N) is 3. The summed E-state index contributed by atoms with van der Waals surface area (Å²) in [6, 6.07) is 14.1. The molecule has 0 bridgehead atoms. The highest BCUT2D eigenvalue weighted by molar-refractivity contribution is 7.07. The van der Waals surface area contributed by atoms with Gasteiger partial charge in [-0.2, -0.15) is 5.10 Å². The molecule has 1 fully saturated rings. The van der Waals surface area contributed by atoms with E-state index in [4.69, 9.17) is 14.1 Å². The Bertz CT molecular complexity index is 947. The monoisotopic (exact) mass is 367 g/mol. The van der Waals surface area contributed by atoms with E-state index in [9.17, 15) is 0 Å². The van der Waals surface area contributed by atoms with Crippen LogP contribution in [0.3, 0.4) is 0 Å². The van der Waals surface area contributed by atoms with Crippen LogP contribution in [0.2, 0.25) is 0 Å². The average molecular weight is 367 g/mol. The largest absolute Gasteiger partial charge is 0.460 e. The van der Waals surface area contributed by atoms with Crippen LogP contribution < -0.4 is 4.80 Å². The van der Waals surface area contributed by atoms with Crippen molar-refractivity contribution in [1.82, 2.24) is 4.68 Å². The Morgan fingerprint density at radius 1 is 1.23 bits per heavy atom. The zero-order valence-corrected chi connectivity index (χ0v) is 15.5. The summed E-state index contributed by atoms with van der Waals surface area (Å²) in [5, 5.41) is 6.74. The molecule has 0 radical (unpaired) electrons. The molecule has 1 aromatic carbocycles. The minimum atomic E-state index is 0.224. The van der Waals surface area contributed by atoms with Crippen LogP contribution in [0, 0.1) is 6.92 Å². The molecule has 0 N–H and O–H groups in total. The molecule has 1 atom stereocenters. The highest BCUT2D eigenvalue weighted by Crippen LogP contribution is 2.20. The molecule has 1 saturated heterocycles. The number of furan rings is 1. The van der Waals surface area contributed by atoms with Crippen molar-refractivity contribution < 1.29 is 9.15 Å². The number of benzene rings is 1. The van der Waals surface area contributed by atoms with E-state index in [-0.39, 0.29) is 6.10 Å². The number of aromatic nitrogens is 1. The molecule has 3 aromatic rings. The topological polar surface area (TPSA) is 52.0 Å². The van der Waals surface area contributed by atoms with Crippen molar-refractivity contribution in [2.45, 2.75) is 25.9 Å². The molecule has 26 heavy (non-hydrogen) atoms. The van der Waals surface area contributed by atoms with Crippen molar-refractivity contribution >= 4 is 17.6 Å². The minimum absolute atomic E-state index is 0.224. The maximum absolute atomic E-state index is 5.69. The third-order valence-electron chi connectivity index (χ3n) is 4.27. The molecular weight excluding hydrogens is 346 g/mol. The van der Waals surface area contributed by atoms with Crippen LogP contribution in [0.5, 0.6) is 0 Å². The van der Waals surface area contributed by atoms with Gasteiger partial charge < -0.3 is 9.15 Å². The fraction of sp³-hybridized carbons (Fsp3) is 0.300. The molecule has 6 heteroatoms. The third kappa shape index (κ3) is 3.86. The molecule has 3 heterocycles. The summed E-state index contributed by atoms with van der Waals surface area (Å²) in [5.41, 5.74) is 2.12. The van der Waals surface area contributed by atoms with Gasteiger partial charge >= 0.3 is 0 Å². The molecule has 1 aliphatic rings. The summed E-state index contributed by atoms with van der Waals surface area (Å²) in [4.78, 5) is 5.62. The molecule has 2 aromatic heterocycles. The van der Waals surface area contributed by atoms with Crippen molar-refractivity contribution in [2.24, 2.45) is 10.1 Å². The van der Waals surface area contributed by atoms with Crippen molar-refractivity contribution in [2.75, 3.05) is 13.2 Å². The number of rotatable bonds is 5. The highest BCUT2D eigenvalue weighted by atomic mass is 32.1. The van der Waals surface area contributed by atoms with Crippen molar-refractivity contribution in [3.63, 3.8) is 0 Å². The zero-order chi connectivity index (χ0) is 17.8. The van der Waals surface area contributed by atoms with Gasteiger partial charge in [-0.25, -0.2) is 4.68 Å². The van der Waals surface area contributed by atoms with Crippen molar-refractivity contribution in [1.29, 1.82) is 0 Å². The van der Waals surface area contributed by atoms with Crippen LogP contribution >= 0.6 is 11.3 Å². The van der Waals surface area contributed by atoms with Crippen LogP contribution in [-0.4, -0.2) is 30.1 Å². The first-order valence-electron chi connectivity index (χ1n) is 8.78. The molecule has 0 amide bonds. The Balaban J connectivity index is 1.70. The Hall–Kier alpha value is -2.44. The first-order valence-corrected chi connectivity index (χ1v) is 9.66. The van der Waals surface area contributed by atoms with E-state index in [1.165, 1.54) is 0 Å². The normalized spacial score (nSPS) is 18.2. The van der Waals surface area contributed by atoms with E-state index >= 15 is 0 Å². The van der Waals surface area contributed by atoms with Gasteiger partial charge in [0.1, 0.15) is 11.5 Å². The van der Waals surface area contributed by atoms with Crippen LogP contribution in [0.15, 0.2) is 62.4 Å². The quantitative estimate of drug-likeness (QED) is 0.638. The van der Waals surface area contributed by atoms with Crippen LogP contribution in [0.25, 0.3) is 11.3 Å². The lowest BCUT2D eigenvalue weighted by Gasteiger charge is -2.05. The lowest BCUT2D eigenvalue weighted by Crippen LogP contribution is -2.17. The number of ether oxygens (including phenoxy) is 1. The van der Waals surface area contributed by atoms with Gasteiger partial charge in [0.2, 0.25) is 4.80 Å². The zero-order valence-electron chi connectivity index (χ0n) is 14.7. The van der Waals surface area contributed by atoms with Crippen molar-refractivity contribution in [3.8, 4) is 11.3 Å². The molecule has 0 spiro atoms. The summed E-state index contributed by atoms with van der Waals surface area (Å²) in [6.07, 6.45) is 4.16. The fourth-order valence-electron chi connectivity index (χ4n) is 2.93. The van der Waals surface area contributed by atoms with Crippen LogP contribution in [-0.2, 0) is 4.74 Å². The van der Waals surface area contributed by atoms with Crippen LogP contribution in [0.1, 0.15) is 24.4 Å². The Kier molecular flexibility index (Phi) is 5.13. The second-order valence-electron chi connectivity index (χ2n) is 6.25. The molecule has 0 unspecified atom stereocenters. The third-order valence-corrected chi connectivity index (χ3v) is 5.12. The van der Waals surface area contributed by atoms with Crippen LogP contribution in [0.4, 0.5) is 0 Å². The lowest BCUT2D eigenvalue weighted by molar-refractivity contribution is 0.117. The fourth-order valence-corrected chi connectivity index (χ4v) is 3.78. The Morgan fingerprint density at radius 2 is 2.12 bits per heavy atom. The van der Waals surface area contributed by atoms with Gasteiger partial charge in [0.15, 0.2) is 0 Å². The summed E-state index contributed by atoms with van der Waals surface area (Å²) in [7, 11) is 0. The van der Waals surface area contributed by atoms with Gasteiger partial charge in [-0.15, -0.1) is 11.3 Å². The predicted octanol–water partition coefficient (Wildman–Crippen LogP) is 4.08. The number of aryl methyl sites for hydroxylation is 1. The highest BCUT2D eigenvalue weighted by Gasteiger charge is 2.15. The van der Waals surface area contributed by atoms with E-state index < -0.39 is 0 Å². The number of hydrogen-bond donors (Lipinski definition) is 0. The first-order chi connectivity index (χ1) is 12.8. The second-order valence-corrected chi connectivity index (χ2v) is 7.09. The first kappa shape index (κ1) is 17.0. The van der Waals surface area contributed by atoms with Gasteiger partial charge in [0, 0.05) is 17.6 Å². The SMILES string of the molecule is Cc1ccc(/C=N\n2c(-c3ccccc3)csc2=NC[C@H]2CCCO2)o1. The standard InChI is InChI=1S/C20H21N3O2S/c1-15-9-10-18(25-15)13-22-23-19(16-6-3-2-4-7-16)14-26-20(23)21-12-17-8-5-11-24-17/h2-4,6-7,9-10,13-14,17H,5,8,11-12H2,1H3/b21-20?,22-13-/t17-/m1/s1. The summed E-state index contributed by atoms with van der Waals surface area (Å²) < 4.78 is 13.2. The van der Waals surface area contributed by atoms with Gasteiger partial charge in [0.25, 0.3) is 0 Å². The molecular formula is C20H21N3O2S. The summed E-state index contributed by atoms with van der Waals surface area (Å²) >= 11 is 1.59. The summed E-state index contributed by atoms with van der Waals surface area (Å²) in [5.74, 6) is 1.60. The molecule has 134 valence electrons. The number of thiazole rings is 1. The number of hydrogen-bond acceptors (Lipinski definition) is 5. The Morgan fingerprint density at radius 3 is 2.85 bits per heavy atom. The van der Waals surface area contributed by atoms with E-state index in [0.29, 0.717) is 6.54 Å². The minimum Gasteiger partial charge on any atom is -0.460 e. The average Bonchev–Trinajstić information content (AvgIpc) is 3.40. The summed E-state index contributed by atoms with van der Waals surface area (Å²) in [6.45, 7) is 3.44. The van der Waals surface area contributed by atoms with E-state index in [1.54, 1.807) is 17.6 Å². The van der Waals surface area contributed by atoms with Gasteiger partial charge in [-0.05, 0) is 31.9 Å². The predicted molar refractivity (Wildman–Crippen MR) is 104 cm³/mol. The van der Waals surface area contributed by atoms with E-state index in [1.807, 2.05) is 41.9 Å². The van der Waals surface area contributed by atoms with Gasteiger partial charge in [-0.1, -0.05) is 30.3 Å². The lowest BCUT2D eigenvalue weighted by atomic mass is 10.2. The van der Waals surface area contributed by atoms with E-state index in [2.05, 4.69) is 22.6 Å². The van der Waals surface area contributed by atoms with E-state index in [0.717, 1.165) is 47.0 Å². The van der Waals surface area contributed by atoms with Gasteiger partial charge in [0.05, 0.1) is 24.6 Å². The van der Waals surface area contributed by atoms with Gasteiger partial charge in [-0.3, -0.25) is 4.99 Å². The maximum atomic E-state index is 5.69. The molecule has 5 nitrogen and oxygen atoms in total. The molecule has 0 aliphatic carbocycles. The maximum Gasteiger partial charge on any atom is 0.206 e. The molecule has 1 aliphatic heterocycles. The molecule has 4 rings (SSSR count). The smallest absolute Gasteiger partial charge is 0.206 e. The second kappa shape index (κ2) is 7.85. The Labute approximate surface area is 156 Å².